The molecule has 1 fully saturated rings. The van der Waals surface area contributed by atoms with Gasteiger partial charge in [0.05, 0.1) is 0 Å². The van der Waals surface area contributed by atoms with Crippen LogP contribution in [0.3, 0.4) is 0 Å². The second-order valence-electron chi connectivity index (χ2n) is 6.42. The highest BCUT2D eigenvalue weighted by atomic mass is 19.1. The van der Waals surface area contributed by atoms with E-state index in [0.717, 1.165) is 44.7 Å². The van der Waals surface area contributed by atoms with Gasteiger partial charge in [-0.1, -0.05) is 6.92 Å². The number of amides is 1. The van der Waals surface area contributed by atoms with E-state index in [9.17, 15) is 9.18 Å². The predicted molar refractivity (Wildman–Crippen MR) is 92.8 cm³/mol. The molecule has 0 unspecified atom stereocenters. The summed E-state index contributed by atoms with van der Waals surface area (Å²) >= 11 is 0. The Labute approximate surface area is 147 Å². The maximum absolute atomic E-state index is 12.9. The quantitative estimate of drug-likeness (QED) is 0.809. The molecule has 1 amide bonds. The summed E-state index contributed by atoms with van der Waals surface area (Å²) in [4.78, 5) is 18.5. The standard InChI is InChI=1S/C19H24FN3O2/c1-2-18-21-9-12-23(18)13-15-7-10-22(11-8-15)19(24)14-25-17-5-3-16(20)4-6-17/h3-6,9,12,15H,2,7-8,10-11,13-14H2,1H3. The average molecular weight is 345 g/mol. The normalized spacial score (nSPS) is 15.4. The molecule has 1 aliphatic heterocycles. The summed E-state index contributed by atoms with van der Waals surface area (Å²) in [6.45, 7) is 4.59. The van der Waals surface area contributed by atoms with Gasteiger partial charge in [0.1, 0.15) is 17.4 Å². The average Bonchev–Trinajstić information content (AvgIpc) is 3.09. The zero-order valence-electron chi connectivity index (χ0n) is 14.5. The van der Waals surface area contributed by atoms with E-state index in [1.807, 2.05) is 17.3 Å². The monoisotopic (exact) mass is 345 g/mol. The van der Waals surface area contributed by atoms with Crippen molar-refractivity contribution in [3.63, 3.8) is 0 Å². The van der Waals surface area contributed by atoms with Gasteiger partial charge in [0.2, 0.25) is 0 Å². The molecule has 134 valence electrons. The van der Waals surface area contributed by atoms with Crippen molar-refractivity contribution in [2.45, 2.75) is 32.7 Å². The van der Waals surface area contributed by atoms with Gasteiger partial charge in [0.15, 0.2) is 6.61 Å². The Morgan fingerprint density at radius 3 is 2.68 bits per heavy atom. The number of halogens is 1. The summed E-state index contributed by atoms with van der Waals surface area (Å²) in [6, 6.07) is 5.72. The van der Waals surface area contributed by atoms with Gasteiger partial charge in [0.25, 0.3) is 5.91 Å². The van der Waals surface area contributed by atoms with E-state index in [-0.39, 0.29) is 18.3 Å². The summed E-state index contributed by atoms with van der Waals surface area (Å²) in [7, 11) is 0. The zero-order valence-corrected chi connectivity index (χ0v) is 14.5. The minimum absolute atomic E-state index is 0.00218. The van der Waals surface area contributed by atoms with Gasteiger partial charge in [-0.25, -0.2) is 9.37 Å². The molecule has 0 aliphatic carbocycles. The number of hydrogen-bond donors (Lipinski definition) is 0. The summed E-state index contributed by atoms with van der Waals surface area (Å²) in [5.74, 6) is 1.87. The number of likely N-dealkylation sites (tertiary alicyclic amines) is 1. The number of aromatic nitrogens is 2. The Hall–Kier alpha value is -2.37. The van der Waals surface area contributed by atoms with Crippen molar-refractivity contribution < 1.29 is 13.9 Å². The van der Waals surface area contributed by atoms with Crippen LogP contribution in [0, 0.1) is 11.7 Å². The first-order valence-corrected chi connectivity index (χ1v) is 8.82. The maximum Gasteiger partial charge on any atom is 0.260 e. The molecule has 0 radical (unpaired) electrons. The fourth-order valence-electron chi connectivity index (χ4n) is 3.23. The van der Waals surface area contributed by atoms with Crippen LogP contribution >= 0.6 is 0 Å². The van der Waals surface area contributed by atoms with E-state index >= 15 is 0 Å². The summed E-state index contributed by atoms with van der Waals surface area (Å²) < 4.78 is 20.5. The van der Waals surface area contributed by atoms with Gasteiger partial charge in [0, 0.05) is 38.4 Å². The topological polar surface area (TPSA) is 47.4 Å². The molecule has 1 saturated heterocycles. The molecule has 0 atom stereocenters. The van der Waals surface area contributed by atoms with E-state index < -0.39 is 0 Å². The van der Waals surface area contributed by atoms with E-state index in [1.54, 1.807) is 0 Å². The minimum atomic E-state index is -0.315. The first kappa shape index (κ1) is 17.5. The second kappa shape index (κ2) is 8.14. The van der Waals surface area contributed by atoms with E-state index in [1.165, 1.54) is 24.3 Å². The van der Waals surface area contributed by atoms with Crippen molar-refractivity contribution in [3.8, 4) is 5.75 Å². The van der Waals surface area contributed by atoms with E-state index in [0.29, 0.717) is 11.7 Å². The first-order valence-electron chi connectivity index (χ1n) is 8.82. The lowest BCUT2D eigenvalue weighted by Gasteiger charge is -2.32. The molecule has 2 heterocycles. The van der Waals surface area contributed by atoms with Crippen LogP contribution in [0.15, 0.2) is 36.7 Å². The van der Waals surface area contributed by atoms with Crippen molar-refractivity contribution in [2.75, 3.05) is 19.7 Å². The van der Waals surface area contributed by atoms with E-state index in [2.05, 4.69) is 16.5 Å². The molecule has 0 saturated carbocycles. The number of hydrogen-bond acceptors (Lipinski definition) is 3. The lowest BCUT2D eigenvalue weighted by atomic mass is 9.96. The number of aryl methyl sites for hydroxylation is 1. The minimum Gasteiger partial charge on any atom is -0.484 e. The molecule has 1 aromatic carbocycles. The third-order valence-corrected chi connectivity index (χ3v) is 4.72. The lowest BCUT2D eigenvalue weighted by Crippen LogP contribution is -2.41. The van der Waals surface area contributed by atoms with Crippen LogP contribution in [0.1, 0.15) is 25.6 Å². The number of nitrogens with zero attached hydrogens (tertiary/aromatic N) is 3. The Kier molecular flexibility index (Phi) is 5.68. The van der Waals surface area contributed by atoms with Gasteiger partial charge in [-0.2, -0.15) is 0 Å². The van der Waals surface area contributed by atoms with Crippen LogP contribution in [0.25, 0.3) is 0 Å². The summed E-state index contributed by atoms with van der Waals surface area (Å²) in [5, 5.41) is 0. The predicted octanol–water partition coefficient (Wildman–Crippen LogP) is 2.90. The maximum atomic E-state index is 12.9. The number of carbonyl (C=O) groups excluding carboxylic acids is 1. The molecule has 0 N–H and O–H groups in total. The Morgan fingerprint density at radius 2 is 2.00 bits per heavy atom. The number of rotatable bonds is 6. The van der Waals surface area contributed by atoms with Gasteiger partial charge in [-0.05, 0) is 43.0 Å². The number of imidazole rings is 1. The highest BCUT2D eigenvalue weighted by Gasteiger charge is 2.23. The molecule has 1 aromatic heterocycles. The smallest absolute Gasteiger partial charge is 0.260 e. The van der Waals surface area contributed by atoms with Crippen LogP contribution in [-0.4, -0.2) is 40.1 Å². The number of carbonyl (C=O) groups is 1. The molecule has 6 heteroatoms. The van der Waals surface area contributed by atoms with Gasteiger partial charge < -0.3 is 14.2 Å². The largest absolute Gasteiger partial charge is 0.484 e. The van der Waals surface area contributed by atoms with Crippen molar-refractivity contribution in [1.82, 2.24) is 14.5 Å². The Morgan fingerprint density at radius 1 is 1.28 bits per heavy atom. The Balaban J connectivity index is 1.43. The molecular weight excluding hydrogens is 321 g/mol. The second-order valence-corrected chi connectivity index (χ2v) is 6.42. The number of ether oxygens (including phenoxy) is 1. The highest BCUT2D eigenvalue weighted by molar-refractivity contribution is 5.77. The molecular formula is C19H24FN3O2. The third kappa shape index (κ3) is 4.59. The Bertz CT molecular complexity index is 691. The van der Waals surface area contributed by atoms with Crippen LogP contribution in [0.4, 0.5) is 4.39 Å². The van der Waals surface area contributed by atoms with Gasteiger partial charge >= 0.3 is 0 Å². The molecule has 25 heavy (non-hydrogen) atoms. The summed E-state index contributed by atoms with van der Waals surface area (Å²) in [5.41, 5.74) is 0. The van der Waals surface area contributed by atoms with Crippen LogP contribution < -0.4 is 4.74 Å². The van der Waals surface area contributed by atoms with Crippen molar-refractivity contribution in [3.05, 3.63) is 48.3 Å². The molecule has 5 nitrogen and oxygen atoms in total. The highest BCUT2D eigenvalue weighted by Crippen LogP contribution is 2.20. The molecule has 1 aliphatic rings. The summed E-state index contributed by atoms with van der Waals surface area (Å²) in [6.07, 6.45) is 6.80. The molecule has 0 spiro atoms. The van der Waals surface area contributed by atoms with E-state index in [4.69, 9.17) is 4.74 Å². The van der Waals surface area contributed by atoms with Crippen LogP contribution in [-0.2, 0) is 17.8 Å². The van der Waals surface area contributed by atoms with Crippen molar-refractivity contribution in [2.24, 2.45) is 5.92 Å². The van der Waals surface area contributed by atoms with Crippen molar-refractivity contribution >= 4 is 5.91 Å². The number of benzene rings is 1. The van der Waals surface area contributed by atoms with Crippen LogP contribution in [0.5, 0.6) is 5.75 Å². The molecule has 3 rings (SSSR count). The first-order chi connectivity index (χ1) is 12.2. The third-order valence-electron chi connectivity index (χ3n) is 4.72. The van der Waals surface area contributed by atoms with Crippen LogP contribution in [0.2, 0.25) is 0 Å². The fourth-order valence-corrected chi connectivity index (χ4v) is 3.23. The molecule has 2 aromatic rings. The SMILES string of the molecule is CCc1nccn1CC1CCN(C(=O)COc2ccc(F)cc2)CC1. The fraction of sp³-hybridized carbons (Fsp3) is 0.474. The molecule has 0 bridgehead atoms. The van der Waals surface area contributed by atoms with Gasteiger partial charge in [-0.15, -0.1) is 0 Å². The zero-order chi connectivity index (χ0) is 17.6. The van der Waals surface area contributed by atoms with Gasteiger partial charge in [-0.3, -0.25) is 4.79 Å². The lowest BCUT2D eigenvalue weighted by molar-refractivity contribution is -0.134. The van der Waals surface area contributed by atoms with Crippen molar-refractivity contribution in [1.29, 1.82) is 0 Å². The number of piperidine rings is 1.